The largest absolute Gasteiger partial charge is 0.352 e. The summed E-state index contributed by atoms with van der Waals surface area (Å²) in [6.07, 6.45) is 0.714. The quantitative estimate of drug-likeness (QED) is 0.668. The lowest BCUT2D eigenvalue weighted by Gasteiger charge is -2.11. The number of benzene rings is 2. The van der Waals surface area contributed by atoms with Crippen LogP contribution in [0.15, 0.2) is 59.4 Å². The minimum absolute atomic E-state index is 0.148. The van der Waals surface area contributed by atoms with Gasteiger partial charge < -0.3 is 10.6 Å². The predicted molar refractivity (Wildman–Crippen MR) is 103 cm³/mol. The highest BCUT2D eigenvalue weighted by molar-refractivity contribution is 6.29. The molecular weight excluding hydrogens is 366 g/mol. The van der Waals surface area contributed by atoms with Gasteiger partial charge in [0, 0.05) is 6.54 Å². The zero-order chi connectivity index (χ0) is 19.2. The average Bonchev–Trinajstić information content (AvgIpc) is 3.08. The molecule has 0 saturated heterocycles. The molecule has 0 aliphatic carbocycles. The van der Waals surface area contributed by atoms with E-state index in [1.165, 1.54) is 5.56 Å². The molecule has 0 saturated carbocycles. The maximum absolute atomic E-state index is 12.5. The molecule has 2 amide bonds. The molecule has 0 spiro atoms. The minimum atomic E-state index is -0.417. The van der Waals surface area contributed by atoms with Gasteiger partial charge >= 0.3 is 0 Å². The van der Waals surface area contributed by atoms with Crippen molar-refractivity contribution < 1.29 is 14.4 Å². The predicted octanol–water partition coefficient (Wildman–Crippen LogP) is 2.64. The molecule has 3 rings (SSSR count). The number of hydrogen-bond acceptors (Lipinski definition) is 4. The van der Waals surface area contributed by atoms with Crippen LogP contribution < -0.4 is 16.1 Å². The summed E-state index contributed by atoms with van der Waals surface area (Å²) in [6, 6.07) is 14.8. The van der Waals surface area contributed by atoms with Crippen molar-refractivity contribution in [3.05, 3.63) is 81.6 Å². The Morgan fingerprint density at radius 3 is 2.37 bits per heavy atom. The van der Waals surface area contributed by atoms with Gasteiger partial charge in [-0.3, -0.25) is 19.9 Å². The second-order valence-corrected chi connectivity index (χ2v) is 6.55. The Hall–Kier alpha value is -2.83. The van der Waals surface area contributed by atoms with E-state index in [0.717, 1.165) is 5.56 Å². The number of hydrogen-bond donors (Lipinski definition) is 3. The lowest BCUT2D eigenvalue weighted by molar-refractivity contribution is 0.0910. The lowest BCUT2D eigenvalue weighted by Crippen LogP contribution is -2.30. The minimum Gasteiger partial charge on any atom is -0.352 e. The number of halogens is 1. The van der Waals surface area contributed by atoms with Gasteiger partial charge in [-0.1, -0.05) is 53.6 Å². The SMILES string of the molecule is Cc1ccc(CCNC(=O)c2ccccc2C(=O)NC2=C(Cl)NOC2)cc1. The second-order valence-electron chi connectivity index (χ2n) is 6.17. The van der Waals surface area contributed by atoms with Crippen LogP contribution in [0.4, 0.5) is 0 Å². The molecule has 0 unspecified atom stereocenters. The van der Waals surface area contributed by atoms with E-state index in [1.54, 1.807) is 24.3 Å². The van der Waals surface area contributed by atoms with Gasteiger partial charge in [0.1, 0.15) is 11.8 Å². The summed E-state index contributed by atoms with van der Waals surface area (Å²) in [5, 5.41) is 5.76. The Labute approximate surface area is 162 Å². The van der Waals surface area contributed by atoms with E-state index >= 15 is 0 Å². The molecular formula is C20H20ClN3O3. The van der Waals surface area contributed by atoms with Gasteiger partial charge in [0.15, 0.2) is 0 Å². The molecule has 3 N–H and O–H groups in total. The van der Waals surface area contributed by atoms with Crippen LogP contribution in [0.25, 0.3) is 0 Å². The van der Waals surface area contributed by atoms with E-state index < -0.39 is 5.91 Å². The van der Waals surface area contributed by atoms with E-state index in [9.17, 15) is 9.59 Å². The molecule has 140 valence electrons. The summed E-state index contributed by atoms with van der Waals surface area (Å²) >= 11 is 5.90. The maximum Gasteiger partial charge on any atom is 0.256 e. The smallest absolute Gasteiger partial charge is 0.256 e. The number of rotatable bonds is 6. The highest BCUT2D eigenvalue weighted by Crippen LogP contribution is 2.14. The molecule has 0 fully saturated rings. The van der Waals surface area contributed by atoms with E-state index in [1.807, 2.05) is 31.2 Å². The molecule has 2 aromatic carbocycles. The van der Waals surface area contributed by atoms with Crippen molar-refractivity contribution in [1.82, 2.24) is 16.1 Å². The van der Waals surface area contributed by atoms with Gasteiger partial charge in [-0.05, 0) is 31.0 Å². The number of carbonyl (C=O) groups is 2. The molecule has 1 aliphatic rings. The van der Waals surface area contributed by atoms with E-state index in [4.69, 9.17) is 16.4 Å². The molecule has 2 aromatic rings. The Kier molecular flexibility index (Phi) is 6.11. The topological polar surface area (TPSA) is 79.5 Å². The molecule has 0 bridgehead atoms. The maximum atomic E-state index is 12.5. The number of amides is 2. The van der Waals surface area contributed by atoms with E-state index in [-0.39, 0.29) is 23.2 Å². The number of aryl methyl sites for hydroxylation is 1. The first-order valence-corrected chi connectivity index (χ1v) is 8.93. The summed E-state index contributed by atoms with van der Waals surface area (Å²) in [4.78, 5) is 30.0. The fourth-order valence-electron chi connectivity index (χ4n) is 2.64. The van der Waals surface area contributed by atoms with Crippen LogP contribution in [0, 0.1) is 6.92 Å². The third-order valence-corrected chi connectivity index (χ3v) is 4.45. The van der Waals surface area contributed by atoms with Crippen LogP contribution >= 0.6 is 11.6 Å². The Bertz CT molecular complexity index is 878. The van der Waals surface area contributed by atoms with Gasteiger partial charge in [-0.15, -0.1) is 0 Å². The summed E-state index contributed by atoms with van der Waals surface area (Å²) in [5.41, 5.74) is 5.81. The third kappa shape index (κ3) is 4.87. The number of hydroxylamine groups is 1. The number of carbonyl (C=O) groups excluding carboxylic acids is 2. The fraction of sp³-hybridized carbons (Fsp3) is 0.200. The van der Waals surface area contributed by atoms with Gasteiger partial charge in [-0.25, -0.2) is 0 Å². The van der Waals surface area contributed by atoms with Crippen LogP contribution in [-0.4, -0.2) is 25.0 Å². The van der Waals surface area contributed by atoms with Crippen LogP contribution in [-0.2, 0) is 11.3 Å². The first kappa shape index (κ1) is 18.9. The molecule has 1 heterocycles. The van der Waals surface area contributed by atoms with Crippen molar-refractivity contribution >= 4 is 23.4 Å². The standard InChI is InChI=1S/C20H20ClN3O3/c1-13-6-8-14(9-7-13)10-11-22-19(25)15-4-2-3-5-16(15)20(26)23-17-12-27-24-18(17)21/h2-9,24H,10-12H2,1H3,(H,22,25)(H,23,26). The van der Waals surface area contributed by atoms with Crippen LogP contribution in [0.2, 0.25) is 0 Å². The van der Waals surface area contributed by atoms with Gasteiger partial charge in [0.05, 0.1) is 16.8 Å². The monoisotopic (exact) mass is 385 g/mol. The molecule has 0 aromatic heterocycles. The molecule has 0 radical (unpaired) electrons. The first-order chi connectivity index (χ1) is 13.0. The highest BCUT2D eigenvalue weighted by atomic mass is 35.5. The zero-order valence-corrected chi connectivity index (χ0v) is 15.6. The van der Waals surface area contributed by atoms with Crippen molar-refractivity contribution in [3.8, 4) is 0 Å². The van der Waals surface area contributed by atoms with Crippen LogP contribution in [0.5, 0.6) is 0 Å². The lowest BCUT2D eigenvalue weighted by atomic mass is 10.1. The van der Waals surface area contributed by atoms with Crippen LogP contribution in [0.3, 0.4) is 0 Å². The summed E-state index contributed by atoms with van der Waals surface area (Å²) in [6.45, 7) is 2.66. The van der Waals surface area contributed by atoms with Crippen molar-refractivity contribution in [1.29, 1.82) is 0 Å². The van der Waals surface area contributed by atoms with Crippen molar-refractivity contribution in [2.45, 2.75) is 13.3 Å². The molecule has 7 heteroatoms. The average molecular weight is 386 g/mol. The molecule has 27 heavy (non-hydrogen) atoms. The second kappa shape index (κ2) is 8.70. The molecule has 6 nitrogen and oxygen atoms in total. The van der Waals surface area contributed by atoms with Crippen molar-refractivity contribution in [2.24, 2.45) is 0 Å². The van der Waals surface area contributed by atoms with Gasteiger partial charge in [-0.2, -0.15) is 0 Å². The molecule has 0 atom stereocenters. The van der Waals surface area contributed by atoms with E-state index in [2.05, 4.69) is 16.1 Å². The normalized spacial score (nSPS) is 13.3. The van der Waals surface area contributed by atoms with Gasteiger partial charge in [0.2, 0.25) is 0 Å². The summed E-state index contributed by atoms with van der Waals surface area (Å²) in [5.74, 6) is -0.714. The Morgan fingerprint density at radius 1 is 1.07 bits per heavy atom. The third-order valence-electron chi connectivity index (χ3n) is 4.14. The summed E-state index contributed by atoms with van der Waals surface area (Å²) < 4.78 is 0. The Balaban J connectivity index is 1.63. The zero-order valence-electron chi connectivity index (χ0n) is 14.8. The van der Waals surface area contributed by atoms with Crippen molar-refractivity contribution in [3.63, 3.8) is 0 Å². The first-order valence-electron chi connectivity index (χ1n) is 8.55. The fourth-order valence-corrected chi connectivity index (χ4v) is 2.80. The van der Waals surface area contributed by atoms with Crippen molar-refractivity contribution in [2.75, 3.05) is 13.2 Å². The van der Waals surface area contributed by atoms with E-state index in [0.29, 0.717) is 24.2 Å². The Morgan fingerprint density at radius 2 is 1.74 bits per heavy atom. The van der Waals surface area contributed by atoms with Crippen LogP contribution in [0.1, 0.15) is 31.8 Å². The van der Waals surface area contributed by atoms with Gasteiger partial charge in [0.25, 0.3) is 11.8 Å². The number of nitrogens with one attached hydrogen (secondary N) is 3. The highest BCUT2D eigenvalue weighted by Gasteiger charge is 2.20. The summed E-state index contributed by atoms with van der Waals surface area (Å²) in [7, 11) is 0. The molecule has 1 aliphatic heterocycles.